The molecule has 1 aromatic rings. The maximum absolute atomic E-state index is 12.6. The van der Waals surface area contributed by atoms with Crippen LogP contribution in [0.1, 0.15) is 20.8 Å². The molecule has 0 saturated heterocycles. The highest BCUT2D eigenvalue weighted by Gasteiger charge is 2.42. The van der Waals surface area contributed by atoms with E-state index in [1.807, 2.05) is 0 Å². The summed E-state index contributed by atoms with van der Waals surface area (Å²) in [5.74, 6) is -0.117. The van der Waals surface area contributed by atoms with Gasteiger partial charge in [-0.3, -0.25) is 14.5 Å². The van der Waals surface area contributed by atoms with Crippen LogP contribution in [0.25, 0.3) is 0 Å². The lowest BCUT2D eigenvalue weighted by Crippen LogP contribution is -2.54. The van der Waals surface area contributed by atoms with Crippen molar-refractivity contribution in [3.05, 3.63) is 12.1 Å². The van der Waals surface area contributed by atoms with Crippen LogP contribution in [0.2, 0.25) is 0 Å². The summed E-state index contributed by atoms with van der Waals surface area (Å²) >= 11 is 0. The summed E-state index contributed by atoms with van der Waals surface area (Å²) in [6, 6.07) is 3.19. The van der Waals surface area contributed by atoms with Crippen LogP contribution in [0, 0.1) is 0 Å². The summed E-state index contributed by atoms with van der Waals surface area (Å²) in [7, 11) is 1.52. The molecule has 8 heteroatoms. The van der Waals surface area contributed by atoms with Crippen molar-refractivity contribution in [2.75, 3.05) is 30.9 Å². The highest BCUT2D eigenvalue weighted by Crippen LogP contribution is 2.36. The Balaban J connectivity index is 2.24. The number of carbonyl (C=O) groups is 2. The van der Waals surface area contributed by atoms with Crippen LogP contribution < -0.4 is 15.4 Å². The number of pyridine rings is 1. The molecule has 0 fully saturated rings. The molecular weight excluding hydrogens is 302 g/mol. The smallest absolute Gasteiger partial charge is 0.326 e. The minimum atomic E-state index is -1.11. The van der Waals surface area contributed by atoms with E-state index >= 15 is 0 Å². The molecule has 8 nitrogen and oxygen atoms in total. The van der Waals surface area contributed by atoms with Crippen molar-refractivity contribution in [2.24, 2.45) is 0 Å². The zero-order chi connectivity index (χ0) is 17.2. The molecule has 1 amide bonds. The van der Waals surface area contributed by atoms with E-state index < -0.39 is 17.7 Å². The summed E-state index contributed by atoms with van der Waals surface area (Å²) < 4.78 is 15.7. The number of rotatable bonds is 5. The molecule has 2 heterocycles. The Morgan fingerprint density at radius 1 is 1.48 bits per heavy atom. The number of hydrogen-bond donors (Lipinski definition) is 1. The number of ether oxygens (including phenoxy) is 3. The van der Waals surface area contributed by atoms with Crippen molar-refractivity contribution in [1.82, 2.24) is 4.98 Å². The average Bonchev–Trinajstić information content (AvgIpc) is 2.45. The molecule has 0 aromatic carbocycles. The minimum Gasteiger partial charge on any atom is -0.474 e. The predicted molar refractivity (Wildman–Crippen MR) is 83.1 cm³/mol. The van der Waals surface area contributed by atoms with Crippen molar-refractivity contribution in [3.8, 4) is 5.75 Å². The van der Waals surface area contributed by atoms with Gasteiger partial charge < -0.3 is 19.9 Å². The van der Waals surface area contributed by atoms with Gasteiger partial charge >= 0.3 is 5.97 Å². The Morgan fingerprint density at radius 3 is 2.83 bits per heavy atom. The lowest BCUT2D eigenvalue weighted by atomic mass is 10.1. The summed E-state index contributed by atoms with van der Waals surface area (Å²) in [5, 5.41) is 0. The fourth-order valence-electron chi connectivity index (χ4n) is 2.27. The lowest BCUT2D eigenvalue weighted by Gasteiger charge is -2.37. The average molecular weight is 323 g/mol. The van der Waals surface area contributed by atoms with Crippen molar-refractivity contribution < 1.29 is 23.8 Å². The lowest BCUT2D eigenvalue weighted by molar-refractivity contribution is -0.150. The number of nitrogens with two attached hydrogens (primary N) is 1. The van der Waals surface area contributed by atoms with Gasteiger partial charge in [-0.2, -0.15) is 0 Å². The van der Waals surface area contributed by atoms with E-state index in [-0.39, 0.29) is 30.7 Å². The first-order valence-electron chi connectivity index (χ1n) is 7.20. The maximum atomic E-state index is 12.6. The van der Waals surface area contributed by atoms with E-state index in [1.54, 1.807) is 32.9 Å². The molecule has 126 valence electrons. The molecule has 0 bridgehead atoms. The van der Waals surface area contributed by atoms with Crippen LogP contribution in [0.15, 0.2) is 12.1 Å². The number of fused-ring (bicyclic) bond motifs is 1. The molecule has 1 aliphatic rings. The second-order valence-electron chi connectivity index (χ2n) is 5.82. The number of esters is 1. The number of amides is 1. The number of carbonyl (C=O) groups excluding carboxylic acids is 2. The van der Waals surface area contributed by atoms with Crippen LogP contribution in [0.4, 0.5) is 11.6 Å². The number of nitrogens with zero attached hydrogens (tertiary/aromatic N) is 2. The van der Waals surface area contributed by atoms with Crippen LogP contribution in [0.5, 0.6) is 5.75 Å². The van der Waals surface area contributed by atoms with Gasteiger partial charge in [-0.15, -0.1) is 0 Å². The summed E-state index contributed by atoms with van der Waals surface area (Å²) in [5.41, 5.74) is 4.56. The van der Waals surface area contributed by atoms with Crippen molar-refractivity contribution >= 4 is 23.5 Å². The number of nitrogen functional groups attached to an aromatic ring is 1. The first-order valence-corrected chi connectivity index (χ1v) is 7.20. The Labute approximate surface area is 134 Å². The Kier molecular flexibility index (Phi) is 4.74. The van der Waals surface area contributed by atoms with Gasteiger partial charge in [-0.05, 0) is 32.9 Å². The van der Waals surface area contributed by atoms with E-state index in [2.05, 4.69) is 4.98 Å². The van der Waals surface area contributed by atoms with E-state index in [0.29, 0.717) is 5.75 Å². The Bertz CT molecular complexity index is 617. The number of anilines is 2. The molecule has 0 radical (unpaired) electrons. The van der Waals surface area contributed by atoms with Gasteiger partial charge in [0.15, 0.2) is 17.2 Å². The molecule has 1 aromatic heterocycles. The molecule has 2 N–H and O–H groups in total. The van der Waals surface area contributed by atoms with E-state index in [0.717, 1.165) is 0 Å². The second-order valence-corrected chi connectivity index (χ2v) is 5.82. The van der Waals surface area contributed by atoms with Crippen molar-refractivity contribution in [1.29, 1.82) is 0 Å². The molecule has 23 heavy (non-hydrogen) atoms. The molecular formula is C15H21N3O5. The third-order valence-corrected chi connectivity index (χ3v) is 3.26. The number of aromatic nitrogens is 1. The molecule has 0 aliphatic carbocycles. The monoisotopic (exact) mass is 323 g/mol. The maximum Gasteiger partial charge on any atom is 0.326 e. The zero-order valence-electron chi connectivity index (χ0n) is 13.7. The molecule has 1 aliphatic heterocycles. The summed E-state index contributed by atoms with van der Waals surface area (Å²) in [6.45, 7) is 4.96. The molecule has 0 saturated carbocycles. The van der Waals surface area contributed by atoms with Gasteiger partial charge in [-0.1, -0.05) is 0 Å². The minimum absolute atomic E-state index is 0.214. The number of hydrogen-bond acceptors (Lipinski definition) is 7. The molecule has 1 atom stereocenters. The van der Waals surface area contributed by atoms with Gasteiger partial charge in [0.25, 0.3) is 5.91 Å². The second kappa shape index (κ2) is 6.41. The highest BCUT2D eigenvalue weighted by molar-refractivity contribution is 6.04. The largest absolute Gasteiger partial charge is 0.474 e. The van der Waals surface area contributed by atoms with Gasteiger partial charge in [-0.25, -0.2) is 4.98 Å². The third kappa shape index (κ3) is 3.70. The van der Waals surface area contributed by atoms with E-state index in [9.17, 15) is 9.59 Å². The summed E-state index contributed by atoms with van der Waals surface area (Å²) in [4.78, 5) is 30.0. The first kappa shape index (κ1) is 17.0. The number of methoxy groups -OCH3 is 1. The zero-order valence-corrected chi connectivity index (χ0v) is 13.7. The van der Waals surface area contributed by atoms with Gasteiger partial charge in [0, 0.05) is 7.11 Å². The van der Waals surface area contributed by atoms with Crippen LogP contribution in [-0.4, -0.2) is 48.8 Å². The fourth-order valence-corrected chi connectivity index (χ4v) is 2.27. The first-order chi connectivity index (χ1) is 10.7. The van der Waals surface area contributed by atoms with Crippen molar-refractivity contribution in [2.45, 2.75) is 32.5 Å². The van der Waals surface area contributed by atoms with Gasteiger partial charge in [0.1, 0.15) is 18.5 Å². The summed E-state index contributed by atoms with van der Waals surface area (Å²) in [6.07, 6.45) is -0.412. The fraction of sp³-hybridized carbons (Fsp3) is 0.533. The normalized spacial score (nSPS) is 17.2. The van der Waals surface area contributed by atoms with E-state index in [4.69, 9.17) is 19.9 Å². The quantitative estimate of drug-likeness (QED) is 0.797. The molecule has 0 spiro atoms. The molecule has 1 unspecified atom stereocenters. The van der Waals surface area contributed by atoms with Crippen LogP contribution in [0.3, 0.4) is 0 Å². The highest BCUT2D eigenvalue weighted by atomic mass is 16.6. The molecule has 2 rings (SSSR count). The Hall–Kier alpha value is -2.35. The van der Waals surface area contributed by atoms with Crippen LogP contribution in [-0.2, 0) is 19.1 Å². The third-order valence-electron chi connectivity index (χ3n) is 3.26. The SMILES string of the molecule is COCC(C)OC(=O)CN1C(=O)C(C)(C)Oc2ccc(N)nc21. The predicted octanol–water partition coefficient (Wildman–Crippen LogP) is 0.746. The van der Waals surface area contributed by atoms with Crippen molar-refractivity contribution in [3.63, 3.8) is 0 Å². The standard InChI is InChI=1S/C15H21N3O5/c1-9(8-21-4)22-12(19)7-18-13-10(5-6-11(16)17-13)23-15(2,3)14(18)20/h5-6,9H,7-8H2,1-4H3,(H2,16,17). The Morgan fingerprint density at radius 2 is 2.17 bits per heavy atom. The van der Waals surface area contributed by atoms with Gasteiger partial charge in [0.05, 0.1) is 6.61 Å². The van der Waals surface area contributed by atoms with Crippen LogP contribution >= 0.6 is 0 Å². The van der Waals surface area contributed by atoms with E-state index in [1.165, 1.54) is 12.0 Å². The van der Waals surface area contributed by atoms with Gasteiger partial charge in [0.2, 0.25) is 0 Å². The topological polar surface area (TPSA) is 104 Å².